The second kappa shape index (κ2) is 9.63. The van der Waals surface area contributed by atoms with Crippen molar-refractivity contribution < 1.29 is 9.53 Å². The maximum atomic E-state index is 12.8. The Labute approximate surface area is 161 Å². The van der Waals surface area contributed by atoms with Crippen molar-refractivity contribution in [3.05, 3.63) is 64.7 Å². The lowest BCUT2D eigenvalue weighted by molar-refractivity contribution is -0.129. The maximum Gasteiger partial charge on any atom is 0.261 e. The van der Waals surface area contributed by atoms with Gasteiger partial charge in [0.2, 0.25) is 0 Å². The van der Waals surface area contributed by atoms with Crippen LogP contribution in [0.2, 0.25) is 5.02 Å². The zero-order chi connectivity index (χ0) is 19.1. The van der Waals surface area contributed by atoms with Gasteiger partial charge in [-0.2, -0.15) is 0 Å². The largest absolute Gasteiger partial charge is 0.481 e. The number of hydrogen-bond donors (Lipinski definition) is 1. The molecular weight excluding hydrogens is 346 g/mol. The first-order chi connectivity index (χ1) is 12.4. The lowest BCUT2D eigenvalue weighted by atomic mass is 9.96. The maximum absolute atomic E-state index is 12.8. The molecule has 26 heavy (non-hydrogen) atoms. The van der Waals surface area contributed by atoms with Crippen LogP contribution in [0.1, 0.15) is 50.8 Å². The monoisotopic (exact) mass is 373 g/mol. The van der Waals surface area contributed by atoms with E-state index in [0.717, 1.165) is 17.5 Å². The summed E-state index contributed by atoms with van der Waals surface area (Å²) in [7, 11) is 0. The molecule has 2 aromatic carbocycles. The molecule has 0 unspecified atom stereocenters. The molecule has 4 heteroatoms. The molecule has 0 fully saturated rings. The van der Waals surface area contributed by atoms with Crippen LogP contribution in [0.15, 0.2) is 48.5 Å². The summed E-state index contributed by atoms with van der Waals surface area (Å²) in [4.78, 5) is 12.8. The highest BCUT2D eigenvalue weighted by Crippen LogP contribution is 2.24. The fraction of sp³-hybridized carbons (Fsp3) is 0.409. The van der Waals surface area contributed by atoms with Crippen LogP contribution >= 0.6 is 11.6 Å². The Morgan fingerprint density at radius 2 is 1.85 bits per heavy atom. The molecule has 0 spiro atoms. The molecular formula is C22H28ClNO2. The molecule has 2 aromatic rings. The third-order valence-corrected chi connectivity index (χ3v) is 4.72. The highest BCUT2D eigenvalue weighted by Gasteiger charge is 2.23. The van der Waals surface area contributed by atoms with Gasteiger partial charge in [-0.25, -0.2) is 0 Å². The number of ether oxygens (including phenoxy) is 1. The molecule has 1 amide bonds. The van der Waals surface area contributed by atoms with Crippen LogP contribution in [0.5, 0.6) is 5.75 Å². The predicted octanol–water partition coefficient (Wildman–Crippen LogP) is 5.71. The Bertz CT molecular complexity index is 715. The smallest absolute Gasteiger partial charge is 0.261 e. The van der Waals surface area contributed by atoms with Crippen molar-refractivity contribution in [3.8, 4) is 5.75 Å². The van der Waals surface area contributed by atoms with Crippen LogP contribution in [0.25, 0.3) is 0 Å². The van der Waals surface area contributed by atoms with Gasteiger partial charge in [-0.05, 0) is 55.0 Å². The minimum atomic E-state index is -0.533. The number of amides is 1. The number of carbonyl (C=O) groups is 1. The number of benzene rings is 2. The van der Waals surface area contributed by atoms with Gasteiger partial charge in [-0.1, -0.05) is 62.7 Å². The predicted molar refractivity (Wildman–Crippen MR) is 108 cm³/mol. The highest BCUT2D eigenvalue weighted by atomic mass is 35.5. The van der Waals surface area contributed by atoms with Crippen molar-refractivity contribution >= 4 is 17.5 Å². The minimum absolute atomic E-state index is 0.0201. The van der Waals surface area contributed by atoms with E-state index in [4.69, 9.17) is 16.3 Å². The number of nitrogens with one attached hydrogen (secondary N) is 1. The molecule has 140 valence electrons. The number of carbonyl (C=O) groups excluding carboxylic acids is 1. The summed E-state index contributed by atoms with van der Waals surface area (Å²) >= 11 is 6.06. The average Bonchev–Trinajstić information content (AvgIpc) is 2.62. The summed E-state index contributed by atoms with van der Waals surface area (Å²) in [5, 5.41) is 3.86. The van der Waals surface area contributed by atoms with Crippen molar-refractivity contribution in [1.29, 1.82) is 0 Å². The first-order valence-corrected chi connectivity index (χ1v) is 9.56. The molecule has 0 bridgehead atoms. The number of hydrogen-bond acceptors (Lipinski definition) is 2. The molecule has 0 aromatic heterocycles. The van der Waals surface area contributed by atoms with Crippen molar-refractivity contribution in [3.63, 3.8) is 0 Å². The van der Waals surface area contributed by atoms with E-state index < -0.39 is 6.10 Å². The van der Waals surface area contributed by atoms with E-state index >= 15 is 0 Å². The lowest BCUT2D eigenvalue weighted by Crippen LogP contribution is -2.40. The summed E-state index contributed by atoms with van der Waals surface area (Å²) in [5.41, 5.74) is 2.05. The van der Waals surface area contributed by atoms with Gasteiger partial charge in [0.25, 0.3) is 5.91 Å². The molecule has 0 aliphatic rings. The normalized spacial score (nSPS) is 13.3. The zero-order valence-electron chi connectivity index (χ0n) is 16.0. The number of rotatable bonds is 8. The van der Waals surface area contributed by atoms with E-state index in [1.54, 1.807) is 12.1 Å². The standard InChI is InChI=1S/C22H28ClNO2/c1-5-21(26-18-11-12-19(23)16(4)14-18)22(25)24-20(13-15(2)3)17-9-7-6-8-10-17/h6-12,14-15,20-21H,5,13H2,1-4H3,(H,24,25)/t20-,21+/m0/s1. The van der Waals surface area contributed by atoms with Crippen LogP contribution in [0, 0.1) is 12.8 Å². The van der Waals surface area contributed by atoms with Crippen LogP contribution < -0.4 is 10.1 Å². The van der Waals surface area contributed by atoms with Crippen LogP contribution in [-0.4, -0.2) is 12.0 Å². The van der Waals surface area contributed by atoms with E-state index in [2.05, 4.69) is 31.3 Å². The quantitative estimate of drug-likeness (QED) is 0.643. The van der Waals surface area contributed by atoms with Gasteiger partial charge in [0.15, 0.2) is 6.10 Å². The Kier molecular flexibility index (Phi) is 7.52. The van der Waals surface area contributed by atoms with Gasteiger partial charge < -0.3 is 10.1 Å². The van der Waals surface area contributed by atoms with E-state index in [-0.39, 0.29) is 11.9 Å². The summed E-state index contributed by atoms with van der Waals surface area (Å²) in [6.45, 7) is 8.19. The molecule has 0 heterocycles. The molecule has 3 nitrogen and oxygen atoms in total. The second-order valence-electron chi connectivity index (χ2n) is 7.03. The van der Waals surface area contributed by atoms with Gasteiger partial charge in [-0.15, -0.1) is 0 Å². The molecule has 2 rings (SSSR count). The Hall–Kier alpha value is -2.00. The van der Waals surface area contributed by atoms with Crippen LogP contribution in [0.4, 0.5) is 0 Å². The Balaban J connectivity index is 2.11. The van der Waals surface area contributed by atoms with Gasteiger partial charge in [0.1, 0.15) is 5.75 Å². The summed E-state index contributed by atoms with van der Waals surface area (Å²) in [6.07, 6.45) is 0.942. The molecule has 0 aliphatic carbocycles. The van der Waals surface area contributed by atoms with E-state index in [1.807, 2.05) is 38.1 Å². The molecule has 1 N–H and O–H groups in total. The first-order valence-electron chi connectivity index (χ1n) is 9.18. The van der Waals surface area contributed by atoms with Gasteiger partial charge >= 0.3 is 0 Å². The van der Waals surface area contributed by atoms with E-state index in [0.29, 0.717) is 23.1 Å². The van der Waals surface area contributed by atoms with Gasteiger partial charge in [0.05, 0.1) is 6.04 Å². The number of aryl methyl sites for hydroxylation is 1. The van der Waals surface area contributed by atoms with E-state index in [9.17, 15) is 4.79 Å². The van der Waals surface area contributed by atoms with Crippen molar-refractivity contribution in [1.82, 2.24) is 5.32 Å². The Morgan fingerprint density at radius 1 is 1.15 bits per heavy atom. The van der Waals surface area contributed by atoms with Crippen LogP contribution in [-0.2, 0) is 4.79 Å². The highest BCUT2D eigenvalue weighted by molar-refractivity contribution is 6.31. The fourth-order valence-corrected chi connectivity index (χ4v) is 2.99. The Morgan fingerprint density at radius 3 is 2.42 bits per heavy atom. The summed E-state index contributed by atoms with van der Waals surface area (Å²) < 4.78 is 5.93. The number of halogens is 1. The van der Waals surface area contributed by atoms with Crippen molar-refractivity contribution in [2.45, 2.75) is 52.7 Å². The third-order valence-electron chi connectivity index (χ3n) is 4.30. The van der Waals surface area contributed by atoms with Crippen molar-refractivity contribution in [2.75, 3.05) is 0 Å². The van der Waals surface area contributed by atoms with Gasteiger partial charge in [0, 0.05) is 5.02 Å². The minimum Gasteiger partial charge on any atom is -0.481 e. The van der Waals surface area contributed by atoms with Crippen molar-refractivity contribution in [2.24, 2.45) is 5.92 Å². The zero-order valence-corrected chi connectivity index (χ0v) is 16.7. The third kappa shape index (κ3) is 5.77. The SMILES string of the molecule is CC[C@@H](Oc1ccc(Cl)c(C)c1)C(=O)N[C@@H](CC(C)C)c1ccccc1. The first kappa shape index (κ1) is 20.3. The fourth-order valence-electron chi connectivity index (χ4n) is 2.88. The summed E-state index contributed by atoms with van der Waals surface area (Å²) in [5.74, 6) is 1.05. The van der Waals surface area contributed by atoms with E-state index in [1.165, 1.54) is 0 Å². The molecule has 0 radical (unpaired) electrons. The molecule has 0 saturated carbocycles. The van der Waals surface area contributed by atoms with Gasteiger partial charge in [-0.3, -0.25) is 4.79 Å². The van der Waals surface area contributed by atoms with Crippen LogP contribution in [0.3, 0.4) is 0 Å². The second-order valence-corrected chi connectivity index (χ2v) is 7.43. The lowest BCUT2D eigenvalue weighted by Gasteiger charge is -2.24. The summed E-state index contributed by atoms with van der Waals surface area (Å²) in [6, 6.07) is 15.5. The topological polar surface area (TPSA) is 38.3 Å². The molecule has 0 aliphatic heterocycles. The molecule has 0 saturated heterocycles. The molecule has 2 atom stereocenters. The average molecular weight is 374 g/mol.